The van der Waals surface area contributed by atoms with Crippen LogP contribution in [0.5, 0.6) is 0 Å². The Hall–Kier alpha value is -1.01. The molecular weight excluding hydrogens is 324 g/mol. The molecule has 0 aromatic carbocycles. The van der Waals surface area contributed by atoms with Crippen molar-refractivity contribution in [1.82, 2.24) is 9.55 Å². The highest BCUT2D eigenvalue weighted by Crippen LogP contribution is 1.92. The van der Waals surface area contributed by atoms with Crippen LogP contribution in [-0.2, 0) is 27.1 Å². The maximum absolute atomic E-state index is 9.79. The molecule has 0 amide bonds. The van der Waals surface area contributed by atoms with Gasteiger partial charge >= 0.3 is 10.4 Å². The van der Waals surface area contributed by atoms with Gasteiger partial charge in [0.25, 0.3) is 10.1 Å². The summed E-state index contributed by atoms with van der Waals surface area (Å²) in [4.78, 5) is 3.94. The van der Waals surface area contributed by atoms with Gasteiger partial charge in [-0.05, 0) is 12.8 Å². The molecule has 0 saturated carbocycles. The van der Waals surface area contributed by atoms with Crippen LogP contribution in [0.3, 0.4) is 0 Å². The van der Waals surface area contributed by atoms with Crippen LogP contribution < -0.4 is 0 Å². The lowest BCUT2D eigenvalue weighted by Gasteiger charge is -1.96. The molecule has 11 heteroatoms. The number of rotatable bonds is 5. The van der Waals surface area contributed by atoms with E-state index in [1.54, 1.807) is 6.92 Å². The minimum Gasteiger partial charge on any atom is -0.337 e. The van der Waals surface area contributed by atoms with Gasteiger partial charge in [0.15, 0.2) is 0 Å². The van der Waals surface area contributed by atoms with E-state index >= 15 is 0 Å². The van der Waals surface area contributed by atoms with Crippen molar-refractivity contribution in [2.24, 2.45) is 0 Å². The molecule has 0 fully saturated rings. The molecule has 3 N–H and O–H groups in total. The fraction of sp³-hybridized carbons (Fsp3) is 0.700. The van der Waals surface area contributed by atoms with E-state index in [1.807, 2.05) is 18.7 Å². The zero-order chi connectivity index (χ0) is 16.9. The van der Waals surface area contributed by atoms with E-state index in [4.69, 9.17) is 22.1 Å². The highest BCUT2D eigenvalue weighted by molar-refractivity contribution is 7.85. The van der Waals surface area contributed by atoms with Crippen LogP contribution in [0.1, 0.15) is 33.1 Å². The molecule has 21 heavy (non-hydrogen) atoms. The number of nitrogens with zero attached hydrogens (tertiary/aromatic N) is 2. The second-order valence-corrected chi connectivity index (χ2v) is 6.36. The van der Waals surface area contributed by atoms with Gasteiger partial charge in [-0.2, -0.15) is 16.8 Å². The Labute approximate surface area is 125 Å². The van der Waals surface area contributed by atoms with Crippen molar-refractivity contribution in [1.29, 1.82) is 0 Å². The van der Waals surface area contributed by atoms with Gasteiger partial charge in [0, 0.05) is 18.9 Å². The van der Waals surface area contributed by atoms with E-state index in [1.165, 1.54) is 12.8 Å². The van der Waals surface area contributed by atoms with E-state index in [-0.39, 0.29) is 5.75 Å². The van der Waals surface area contributed by atoms with Gasteiger partial charge in [0.2, 0.25) is 0 Å². The second-order valence-electron chi connectivity index (χ2n) is 3.89. The van der Waals surface area contributed by atoms with Gasteiger partial charge in [-0.3, -0.25) is 13.7 Å². The first kappa shape index (κ1) is 22.3. The number of aryl methyl sites for hydroxylation is 1. The number of unbranched alkanes of at least 4 members (excludes halogenated alkanes) is 1. The molecule has 1 aromatic rings. The Morgan fingerprint density at radius 2 is 1.57 bits per heavy atom. The molecule has 126 valence electrons. The number of aromatic nitrogens is 2. The average Bonchev–Trinajstić information content (AvgIpc) is 2.76. The summed E-state index contributed by atoms with van der Waals surface area (Å²) in [5.74, 6) is -0.132. The van der Waals surface area contributed by atoms with Crippen molar-refractivity contribution in [3.63, 3.8) is 0 Å². The highest BCUT2D eigenvalue weighted by atomic mass is 32.3. The Bertz CT molecular complexity index is 530. The summed E-state index contributed by atoms with van der Waals surface area (Å²) in [7, 11) is -8.34. The fourth-order valence-corrected chi connectivity index (χ4v) is 1.53. The Balaban J connectivity index is 0. The van der Waals surface area contributed by atoms with Gasteiger partial charge in [-0.1, -0.05) is 20.3 Å². The largest absolute Gasteiger partial charge is 0.394 e. The molecule has 9 nitrogen and oxygen atoms in total. The van der Waals surface area contributed by atoms with Gasteiger partial charge in [0.1, 0.15) is 0 Å². The van der Waals surface area contributed by atoms with E-state index in [0.29, 0.717) is 6.42 Å². The van der Waals surface area contributed by atoms with Crippen molar-refractivity contribution < 1.29 is 30.5 Å². The topological polar surface area (TPSA) is 147 Å². The Morgan fingerprint density at radius 1 is 1.05 bits per heavy atom. The molecule has 0 spiro atoms. The fourth-order valence-electron chi connectivity index (χ4n) is 1.02. The van der Waals surface area contributed by atoms with Crippen LogP contribution in [0, 0.1) is 0 Å². The first-order valence-corrected chi connectivity index (χ1v) is 9.11. The minimum atomic E-state index is -4.67. The molecule has 1 heterocycles. The van der Waals surface area contributed by atoms with Crippen LogP contribution in [0.4, 0.5) is 0 Å². The molecule has 0 unspecified atom stereocenters. The standard InChI is InChI=1S/C7H12N2.C3H8O3S.H2O4S/c1-2-3-5-9-6-4-8-7-9;1-2-3-7(4,5)6;1-5(2,3)4/h4,6-7H,2-3,5H2,1H3;2-3H2,1H3,(H,4,5,6);(H2,1,2,3,4). The maximum atomic E-state index is 9.79. The molecule has 0 bridgehead atoms. The lowest BCUT2D eigenvalue weighted by atomic mass is 10.3. The van der Waals surface area contributed by atoms with Crippen LogP contribution in [0.2, 0.25) is 0 Å². The van der Waals surface area contributed by atoms with Crippen LogP contribution in [0.25, 0.3) is 0 Å². The smallest absolute Gasteiger partial charge is 0.337 e. The van der Waals surface area contributed by atoms with Gasteiger partial charge in [-0.25, -0.2) is 4.98 Å². The SMILES string of the molecule is CCCCn1ccnc1.CCCS(=O)(=O)O.O=S(=O)(O)O. The number of hydrogen-bond donors (Lipinski definition) is 3. The van der Waals surface area contributed by atoms with Crippen molar-refractivity contribution in [2.75, 3.05) is 5.75 Å². The lowest BCUT2D eigenvalue weighted by molar-refractivity contribution is 0.381. The monoisotopic (exact) mass is 346 g/mol. The van der Waals surface area contributed by atoms with E-state index < -0.39 is 20.5 Å². The molecule has 1 rings (SSSR count). The molecule has 0 saturated heterocycles. The Morgan fingerprint density at radius 3 is 1.81 bits per heavy atom. The van der Waals surface area contributed by atoms with Crippen molar-refractivity contribution in [3.05, 3.63) is 18.7 Å². The molecule has 0 aliphatic rings. The summed E-state index contributed by atoms with van der Waals surface area (Å²) in [5.41, 5.74) is 0. The van der Waals surface area contributed by atoms with Crippen molar-refractivity contribution in [3.8, 4) is 0 Å². The number of hydrogen-bond acceptors (Lipinski definition) is 5. The minimum absolute atomic E-state index is 0.132. The zero-order valence-corrected chi connectivity index (χ0v) is 13.6. The Kier molecular flexibility index (Phi) is 12.3. The zero-order valence-electron chi connectivity index (χ0n) is 12.0. The third-order valence-corrected chi connectivity index (χ3v) is 2.72. The maximum Gasteiger partial charge on any atom is 0.394 e. The van der Waals surface area contributed by atoms with Gasteiger partial charge in [0.05, 0.1) is 12.1 Å². The quantitative estimate of drug-likeness (QED) is 0.676. The average molecular weight is 346 g/mol. The van der Waals surface area contributed by atoms with Crippen LogP contribution in [-0.4, -0.2) is 45.8 Å². The van der Waals surface area contributed by atoms with Crippen LogP contribution in [0.15, 0.2) is 18.7 Å². The summed E-state index contributed by atoms with van der Waals surface area (Å²) in [6.07, 6.45) is 8.63. The van der Waals surface area contributed by atoms with Crippen molar-refractivity contribution in [2.45, 2.75) is 39.7 Å². The van der Waals surface area contributed by atoms with Gasteiger partial charge in [-0.15, -0.1) is 0 Å². The van der Waals surface area contributed by atoms with E-state index in [0.717, 1.165) is 6.54 Å². The summed E-state index contributed by atoms with van der Waals surface area (Å²) >= 11 is 0. The first-order chi connectivity index (χ1) is 9.49. The molecule has 0 aliphatic heterocycles. The summed E-state index contributed by atoms with van der Waals surface area (Å²) in [5, 5.41) is 0. The summed E-state index contributed by atoms with van der Waals surface area (Å²) < 4.78 is 61.2. The number of imidazole rings is 1. The van der Waals surface area contributed by atoms with E-state index in [9.17, 15) is 8.42 Å². The third-order valence-electron chi connectivity index (χ3n) is 1.79. The van der Waals surface area contributed by atoms with Gasteiger partial charge < -0.3 is 4.57 Å². The molecular formula is C10H22N2O7S2. The molecule has 1 aromatic heterocycles. The second kappa shape index (κ2) is 11.6. The van der Waals surface area contributed by atoms with Crippen molar-refractivity contribution >= 4 is 20.5 Å². The summed E-state index contributed by atoms with van der Waals surface area (Å²) in [6, 6.07) is 0. The molecule has 0 radical (unpaired) electrons. The molecule has 0 atom stereocenters. The molecule has 0 aliphatic carbocycles. The predicted octanol–water partition coefficient (Wildman–Crippen LogP) is 1.31. The third kappa shape index (κ3) is 28.0. The van der Waals surface area contributed by atoms with E-state index in [2.05, 4.69) is 16.5 Å². The summed E-state index contributed by atoms with van der Waals surface area (Å²) in [6.45, 7) is 4.99. The lowest BCUT2D eigenvalue weighted by Crippen LogP contribution is -2.01. The highest BCUT2D eigenvalue weighted by Gasteiger charge is 1.98. The predicted molar refractivity (Wildman–Crippen MR) is 78.0 cm³/mol. The normalized spacial score (nSPS) is 10.9. The first-order valence-electron chi connectivity index (χ1n) is 6.10. The van der Waals surface area contributed by atoms with Crippen LogP contribution >= 0.6 is 0 Å².